The van der Waals surface area contributed by atoms with Gasteiger partial charge in [0.05, 0.1) is 23.9 Å². The van der Waals surface area contributed by atoms with Crippen LogP contribution in [0.1, 0.15) is 33.1 Å². The van der Waals surface area contributed by atoms with Crippen molar-refractivity contribution in [1.29, 1.82) is 0 Å². The maximum atomic E-state index is 13.1. The standard InChI is InChI=1S/C21H26N4O4S/c1-14(2)29-19-9-7-16(12-23-19)24-21(26)17-11-15-6-8-18(17)25(13-15)30(27,28)20-5-3-4-10-22-20/h3-5,7,9-10,12,14-15,17-18H,6,8,11,13H2,1-2H3,(H,24,26). The molecule has 4 heterocycles. The predicted octanol–water partition coefficient (Wildman–Crippen LogP) is 2.69. The number of fused-ring (bicyclic) bond motifs is 3. The molecule has 3 unspecified atom stereocenters. The van der Waals surface area contributed by atoms with Crippen LogP contribution < -0.4 is 10.1 Å². The first kappa shape index (κ1) is 20.7. The second kappa shape index (κ2) is 8.31. The maximum absolute atomic E-state index is 13.1. The van der Waals surface area contributed by atoms with Crippen molar-refractivity contribution in [3.8, 4) is 5.88 Å². The molecule has 3 atom stereocenters. The van der Waals surface area contributed by atoms with Crippen LogP contribution in [0.15, 0.2) is 47.8 Å². The number of sulfonamides is 1. The summed E-state index contributed by atoms with van der Waals surface area (Å²) < 4.78 is 33.3. The highest BCUT2D eigenvalue weighted by molar-refractivity contribution is 7.89. The van der Waals surface area contributed by atoms with Gasteiger partial charge in [-0.1, -0.05) is 6.07 Å². The van der Waals surface area contributed by atoms with Crippen molar-refractivity contribution < 1.29 is 17.9 Å². The lowest BCUT2D eigenvalue weighted by Gasteiger charge is -2.48. The second-order valence-corrected chi connectivity index (χ2v) is 9.97. The van der Waals surface area contributed by atoms with Crippen LogP contribution in [0.5, 0.6) is 5.88 Å². The van der Waals surface area contributed by atoms with Gasteiger partial charge in [0.15, 0.2) is 5.03 Å². The molecule has 2 aliphatic heterocycles. The number of carbonyl (C=O) groups is 1. The molecule has 160 valence electrons. The summed E-state index contributed by atoms with van der Waals surface area (Å²) >= 11 is 0. The number of piperidine rings is 2. The quantitative estimate of drug-likeness (QED) is 0.756. The lowest BCUT2D eigenvalue weighted by molar-refractivity contribution is -0.125. The van der Waals surface area contributed by atoms with Gasteiger partial charge >= 0.3 is 0 Å². The number of hydrogen-bond donors (Lipinski definition) is 1. The Hall–Kier alpha value is -2.52. The molecular weight excluding hydrogens is 404 g/mol. The molecule has 2 saturated heterocycles. The molecule has 1 aliphatic carbocycles. The number of amides is 1. The number of hydrogen-bond acceptors (Lipinski definition) is 6. The van der Waals surface area contributed by atoms with Gasteiger partial charge in [0.2, 0.25) is 11.8 Å². The van der Waals surface area contributed by atoms with Gasteiger partial charge in [-0.2, -0.15) is 4.31 Å². The van der Waals surface area contributed by atoms with E-state index in [4.69, 9.17) is 4.74 Å². The van der Waals surface area contributed by atoms with E-state index < -0.39 is 15.9 Å². The van der Waals surface area contributed by atoms with Gasteiger partial charge in [-0.05, 0) is 57.2 Å². The third kappa shape index (κ3) is 4.17. The molecule has 3 fully saturated rings. The van der Waals surface area contributed by atoms with Gasteiger partial charge in [-0.3, -0.25) is 4.79 Å². The van der Waals surface area contributed by atoms with Crippen LogP contribution >= 0.6 is 0 Å². The van der Waals surface area contributed by atoms with Crippen LogP contribution in [0.25, 0.3) is 0 Å². The fourth-order valence-electron chi connectivity index (χ4n) is 4.32. The molecular formula is C21H26N4O4S. The highest BCUT2D eigenvalue weighted by Crippen LogP contribution is 2.42. The summed E-state index contributed by atoms with van der Waals surface area (Å²) in [7, 11) is -3.74. The van der Waals surface area contributed by atoms with Crippen molar-refractivity contribution in [3.63, 3.8) is 0 Å². The molecule has 3 aliphatic rings. The number of aromatic nitrogens is 2. The number of ether oxygens (including phenoxy) is 1. The van der Waals surface area contributed by atoms with E-state index in [1.54, 1.807) is 30.5 Å². The Balaban J connectivity index is 1.50. The molecule has 1 saturated carbocycles. The van der Waals surface area contributed by atoms with Crippen molar-refractivity contribution in [2.45, 2.75) is 50.3 Å². The number of rotatable bonds is 6. The van der Waals surface area contributed by atoms with Crippen LogP contribution in [0.4, 0.5) is 5.69 Å². The molecule has 2 aromatic heterocycles. The molecule has 2 bridgehead atoms. The molecule has 5 rings (SSSR count). The monoisotopic (exact) mass is 430 g/mol. The summed E-state index contributed by atoms with van der Waals surface area (Å²) in [5.74, 6) is 0.0871. The number of nitrogens with zero attached hydrogens (tertiary/aromatic N) is 3. The van der Waals surface area contributed by atoms with E-state index in [2.05, 4.69) is 15.3 Å². The molecule has 0 aromatic carbocycles. The van der Waals surface area contributed by atoms with Crippen molar-refractivity contribution in [2.75, 3.05) is 11.9 Å². The molecule has 30 heavy (non-hydrogen) atoms. The Labute approximate surface area is 176 Å². The molecule has 8 nitrogen and oxygen atoms in total. The van der Waals surface area contributed by atoms with E-state index in [9.17, 15) is 13.2 Å². The topological polar surface area (TPSA) is 101 Å². The third-order valence-electron chi connectivity index (χ3n) is 5.64. The molecule has 1 N–H and O–H groups in total. The maximum Gasteiger partial charge on any atom is 0.260 e. The molecule has 0 spiro atoms. The zero-order valence-corrected chi connectivity index (χ0v) is 17.9. The second-order valence-electron chi connectivity index (χ2n) is 8.14. The summed E-state index contributed by atoms with van der Waals surface area (Å²) in [4.78, 5) is 21.3. The first-order valence-electron chi connectivity index (χ1n) is 10.2. The fraction of sp³-hybridized carbons (Fsp3) is 0.476. The van der Waals surface area contributed by atoms with Crippen molar-refractivity contribution >= 4 is 21.6 Å². The Morgan fingerprint density at radius 2 is 2.03 bits per heavy atom. The molecule has 0 radical (unpaired) electrons. The van der Waals surface area contributed by atoms with Crippen LogP contribution in [0.2, 0.25) is 0 Å². The summed E-state index contributed by atoms with van der Waals surface area (Å²) in [6.07, 6.45) is 5.34. The van der Waals surface area contributed by atoms with Gasteiger partial charge in [-0.25, -0.2) is 18.4 Å². The Morgan fingerprint density at radius 1 is 1.20 bits per heavy atom. The van der Waals surface area contributed by atoms with E-state index in [-0.39, 0.29) is 29.0 Å². The Morgan fingerprint density at radius 3 is 2.67 bits per heavy atom. The summed E-state index contributed by atoms with van der Waals surface area (Å²) in [6, 6.07) is 7.93. The van der Waals surface area contributed by atoms with E-state index in [1.807, 2.05) is 13.8 Å². The highest BCUT2D eigenvalue weighted by Gasteiger charge is 2.48. The van der Waals surface area contributed by atoms with Gasteiger partial charge in [0, 0.05) is 24.8 Å². The summed E-state index contributed by atoms with van der Waals surface area (Å²) in [5.41, 5.74) is 0.566. The van der Waals surface area contributed by atoms with Gasteiger partial charge in [-0.15, -0.1) is 0 Å². The van der Waals surface area contributed by atoms with E-state index in [0.29, 0.717) is 31.0 Å². The zero-order valence-electron chi connectivity index (χ0n) is 17.1. The molecule has 2 aromatic rings. The first-order valence-corrected chi connectivity index (χ1v) is 11.6. The fourth-order valence-corrected chi connectivity index (χ4v) is 6.02. The summed E-state index contributed by atoms with van der Waals surface area (Å²) in [5, 5.41) is 2.92. The van der Waals surface area contributed by atoms with Gasteiger partial charge in [0.25, 0.3) is 10.0 Å². The lowest BCUT2D eigenvalue weighted by atomic mass is 9.73. The van der Waals surface area contributed by atoms with E-state index in [0.717, 1.165) is 6.42 Å². The summed E-state index contributed by atoms with van der Waals surface area (Å²) in [6.45, 7) is 4.27. The normalized spacial score (nSPS) is 24.0. The SMILES string of the molecule is CC(C)Oc1ccc(NC(=O)C2CC3CCC2N(S(=O)(=O)c2ccccn2)C3)cn1. The smallest absolute Gasteiger partial charge is 0.260 e. The van der Waals surface area contributed by atoms with Crippen LogP contribution in [0.3, 0.4) is 0 Å². The lowest BCUT2D eigenvalue weighted by Crippen LogP contribution is -2.57. The minimum absolute atomic E-state index is 0.0165. The molecule has 9 heteroatoms. The van der Waals surface area contributed by atoms with E-state index >= 15 is 0 Å². The van der Waals surface area contributed by atoms with Gasteiger partial charge in [0.1, 0.15) is 0 Å². The average Bonchev–Trinajstić information content (AvgIpc) is 2.75. The predicted molar refractivity (Wildman–Crippen MR) is 111 cm³/mol. The zero-order chi connectivity index (χ0) is 21.3. The number of nitrogens with one attached hydrogen (secondary N) is 1. The van der Waals surface area contributed by atoms with Crippen molar-refractivity contribution in [2.24, 2.45) is 11.8 Å². The van der Waals surface area contributed by atoms with Crippen LogP contribution in [-0.2, 0) is 14.8 Å². The first-order chi connectivity index (χ1) is 14.3. The number of carbonyl (C=O) groups excluding carboxylic acids is 1. The minimum Gasteiger partial charge on any atom is -0.475 e. The third-order valence-corrected chi connectivity index (χ3v) is 7.45. The average molecular weight is 431 g/mol. The molecule has 1 amide bonds. The van der Waals surface area contributed by atoms with Gasteiger partial charge < -0.3 is 10.1 Å². The number of pyridine rings is 2. The number of anilines is 1. The van der Waals surface area contributed by atoms with Crippen LogP contribution in [-0.4, -0.2) is 47.3 Å². The van der Waals surface area contributed by atoms with E-state index in [1.165, 1.54) is 16.6 Å². The Kier molecular flexibility index (Phi) is 5.75. The van der Waals surface area contributed by atoms with Crippen molar-refractivity contribution in [1.82, 2.24) is 14.3 Å². The minimum atomic E-state index is -3.74. The Bertz CT molecular complexity index is 995. The largest absolute Gasteiger partial charge is 0.475 e. The van der Waals surface area contributed by atoms with Crippen molar-refractivity contribution in [3.05, 3.63) is 42.7 Å². The van der Waals surface area contributed by atoms with Crippen LogP contribution in [0, 0.1) is 11.8 Å². The highest BCUT2D eigenvalue weighted by atomic mass is 32.2.